The van der Waals surface area contributed by atoms with Gasteiger partial charge in [-0.05, 0) is 38.7 Å². The fraction of sp³-hybridized carbons (Fsp3) is 0.562. The fourth-order valence-corrected chi connectivity index (χ4v) is 4.54. The van der Waals surface area contributed by atoms with Gasteiger partial charge in [0.2, 0.25) is 0 Å². The van der Waals surface area contributed by atoms with E-state index in [1.54, 1.807) is 30.8 Å². The van der Waals surface area contributed by atoms with Crippen LogP contribution in [0.1, 0.15) is 24.4 Å². The first-order chi connectivity index (χ1) is 11.8. The number of aromatic nitrogens is 4. The van der Waals surface area contributed by atoms with Gasteiger partial charge in [0.25, 0.3) is 15.6 Å². The molecule has 25 heavy (non-hydrogen) atoms. The van der Waals surface area contributed by atoms with E-state index in [1.165, 1.54) is 15.1 Å². The van der Waals surface area contributed by atoms with E-state index in [-0.39, 0.29) is 16.5 Å². The van der Waals surface area contributed by atoms with Crippen molar-refractivity contribution in [3.63, 3.8) is 0 Å². The number of imidazole rings is 1. The van der Waals surface area contributed by atoms with Crippen LogP contribution in [0.5, 0.6) is 0 Å². The minimum Gasteiger partial charge on any atom is -0.337 e. The molecule has 1 aliphatic heterocycles. The number of aryl methyl sites for hydroxylation is 3. The first-order valence-electron chi connectivity index (χ1n) is 8.32. The minimum atomic E-state index is -3.56. The molecule has 1 fully saturated rings. The lowest BCUT2D eigenvalue weighted by Gasteiger charge is -2.30. The highest BCUT2D eigenvalue weighted by atomic mass is 32.2. The summed E-state index contributed by atoms with van der Waals surface area (Å²) in [4.78, 5) is 16.0. The molecule has 1 aliphatic rings. The molecule has 1 saturated heterocycles. The molecule has 0 aromatic carbocycles. The molecule has 136 valence electrons. The summed E-state index contributed by atoms with van der Waals surface area (Å²) in [6.45, 7) is 5.02. The van der Waals surface area contributed by atoms with Crippen molar-refractivity contribution >= 4 is 10.0 Å². The summed E-state index contributed by atoms with van der Waals surface area (Å²) in [6, 6.07) is 3.22. The highest BCUT2D eigenvalue weighted by molar-refractivity contribution is 7.89. The number of nitrogens with zero attached hydrogens (tertiary/aromatic N) is 5. The van der Waals surface area contributed by atoms with Gasteiger partial charge in [0, 0.05) is 38.9 Å². The normalized spacial score (nSPS) is 17.1. The second kappa shape index (κ2) is 6.72. The van der Waals surface area contributed by atoms with E-state index in [9.17, 15) is 13.2 Å². The van der Waals surface area contributed by atoms with Crippen molar-refractivity contribution < 1.29 is 8.42 Å². The van der Waals surface area contributed by atoms with Crippen LogP contribution in [0.3, 0.4) is 0 Å². The largest absolute Gasteiger partial charge is 0.337 e. The number of hydrogen-bond donors (Lipinski definition) is 0. The van der Waals surface area contributed by atoms with E-state index < -0.39 is 10.0 Å². The molecule has 0 aliphatic carbocycles. The first kappa shape index (κ1) is 17.8. The molecular weight excluding hydrogens is 342 g/mol. The zero-order valence-corrected chi connectivity index (χ0v) is 15.5. The van der Waals surface area contributed by atoms with E-state index in [0.29, 0.717) is 38.3 Å². The third-order valence-electron chi connectivity index (χ3n) is 4.70. The number of hydrogen-bond acceptors (Lipinski definition) is 5. The van der Waals surface area contributed by atoms with Gasteiger partial charge in [0.15, 0.2) is 5.03 Å². The van der Waals surface area contributed by atoms with Gasteiger partial charge in [-0.2, -0.15) is 9.40 Å². The van der Waals surface area contributed by atoms with Crippen molar-refractivity contribution in [1.29, 1.82) is 0 Å². The van der Waals surface area contributed by atoms with Gasteiger partial charge in [-0.1, -0.05) is 0 Å². The Hall–Kier alpha value is -2.00. The number of sulfonamides is 1. The molecule has 3 rings (SSSR count). The van der Waals surface area contributed by atoms with Gasteiger partial charge in [0.1, 0.15) is 5.82 Å². The lowest BCUT2D eigenvalue weighted by atomic mass is 9.98. The average Bonchev–Trinajstić information content (AvgIpc) is 2.91. The van der Waals surface area contributed by atoms with Crippen molar-refractivity contribution in [2.75, 3.05) is 13.1 Å². The molecule has 0 radical (unpaired) electrons. The van der Waals surface area contributed by atoms with Gasteiger partial charge in [-0.15, -0.1) is 0 Å². The molecule has 9 heteroatoms. The van der Waals surface area contributed by atoms with Crippen LogP contribution in [0, 0.1) is 19.8 Å². The Morgan fingerprint density at radius 3 is 2.48 bits per heavy atom. The Labute approximate surface area is 147 Å². The van der Waals surface area contributed by atoms with Gasteiger partial charge >= 0.3 is 0 Å². The lowest BCUT2D eigenvalue weighted by molar-refractivity contribution is 0.244. The maximum absolute atomic E-state index is 12.7. The molecule has 0 N–H and O–H groups in total. The predicted molar refractivity (Wildman–Crippen MR) is 92.7 cm³/mol. The topological polar surface area (TPSA) is 90.1 Å². The van der Waals surface area contributed by atoms with Crippen LogP contribution in [0.25, 0.3) is 0 Å². The fourth-order valence-electron chi connectivity index (χ4n) is 3.04. The van der Waals surface area contributed by atoms with E-state index in [4.69, 9.17) is 0 Å². The molecule has 0 atom stereocenters. The summed E-state index contributed by atoms with van der Waals surface area (Å²) < 4.78 is 30.1. The predicted octanol–water partition coefficient (Wildman–Crippen LogP) is 0.695. The lowest BCUT2D eigenvalue weighted by Crippen LogP contribution is -2.40. The van der Waals surface area contributed by atoms with Crippen LogP contribution in [0.15, 0.2) is 28.2 Å². The molecule has 0 bridgehead atoms. The highest BCUT2D eigenvalue weighted by Gasteiger charge is 2.31. The Kier molecular flexibility index (Phi) is 4.79. The Bertz CT molecular complexity index is 904. The molecule has 2 aromatic rings. The molecule has 0 unspecified atom stereocenters. The first-order valence-corrected chi connectivity index (χ1v) is 9.76. The second-order valence-corrected chi connectivity index (χ2v) is 8.46. The summed E-state index contributed by atoms with van der Waals surface area (Å²) in [5, 5.41) is 4.35. The van der Waals surface area contributed by atoms with Crippen LogP contribution in [0.2, 0.25) is 0 Å². The van der Waals surface area contributed by atoms with Crippen LogP contribution < -0.4 is 5.56 Å². The molecule has 3 heterocycles. The second-order valence-electron chi connectivity index (χ2n) is 6.58. The molecule has 0 spiro atoms. The molecular formula is C16H23N5O3S. The number of piperidine rings is 1. The maximum Gasteiger partial charge on any atom is 0.266 e. The maximum atomic E-state index is 12.7. The summed E-state index contributed by atoms with van der Waals surface area (Å²) in [5.74, 6) is 0.905. The Morgan fingerprint density at radius 1 is 1.20 bits per heavy atom. The standard InChI is InChI=1S/C16H23N5O3S/c1-12-4-5-16(22)21(18-12)10-14-6-8-20(9-7-14)25(23,24)15-11-19(3)13(2)17-15/h4-5,11,14H,6-10H2,1-3H3. The highest BCUT2D eigenvalue weighted by Crippen LogP contribution is 2.24. The Morgan fingerprint density at radius 2 is 1.88 bits per heavy atom. The van der Waals surface area contributed by atoms with Crippen molar-refractivity contribution in [1.82, 2.24) is 23.6 Å². The van der Waals surface area contributed by atoms with E-state index in [2.05, 4.69) is 10.1 Å². The minimum absolute atomic E-state index is 0.0996. The SMILES string of the molecule is Cc1ccc(=O)n(CC2CCN(S(=O)(=O)c3cn(C)c(C)n3)CC2)n1. The molecule has 8 nitrogen and oxygen atoms in total. The number of rotatable bonds is 4. The van der Waals surface area contributed by atoms with Crippen molar-refractivity contribution in [3.8, 4) is 0 Å². The third-order valence-corrected chi connectivity index (χ3v) is 6.47. The van der Waals surface area contributed by atoms with Crippen LogP contribution in [-0.2, 0) is 23.6 Å². The smallest absolute Gasteiger partial charge is 0.266 e. The van der Waals surface area contributed by atoms with E-state index in [0.717, 1.165) is 5.69 Å². The summed E-state index contributed by atoms with van der Waals surface area (Å²) >= 11 is 0. The van der Waals surface area contributed by atoms with Gasteiger partial charge in [-0.25, -0.2) is 18.1 Å². The van der Waals surface area contributed by atoms with Crippen molar-refractivity contribution in [3.05, 3.63) is 40.2 Å². The molecule has 0 saturated carbocycles. The monoisotopic (exact) mass is 365 g/mol. The summed E-state index contributed by atoms with van der Waals surface area (Å²) in [5.41, 5.74) is 0.676. The van der Waals surface area contributed by atoms with E-state index >= 15 is 0 Å². The molecule has 0 amide bonds. The quantitative estimate of drug-likeness (QED) is 0.795. The van der Waals surface area contributed by atoms with Crippen LogP contribution in [0.4, 0.5) is 0 Å². The third kappa shape index (κ3) is 3.67. The Balaban J connectivity index is 1.67. The van der Waals surface area contributed by atoms with E-state index in [1.807, 2.05) is 6.92 Å². The van der Waals surface area contributed by atoms with Crippen molar-refractivity contribution in [2.45, 2.75) is 38.3 Å². The van der Waals surface area contributed by atoms with Gasteiger partial charge < -0.3 is 4.57 Å². The van der Waals surface area contributed by atoms with Gasteiger partial charge in [-0.3, -0.25) is 4.79 Å². The van der Waals surface area contributed by atoms with Crippen molar-refractivity contribution in [2.24, 2.45) is 13.0 Å². The zero-order chi connectivity index (χ0) is 18.2. The van der Waals surface area contributed by atoms with Crippen LogP contribution in [-0.4, -0.2) is 45.1 Å². The zero-order valence-electron chi connectivity index (χ0n) is 14.7. The average molecular weight is 365 g/mol. The summed E-state index contributed by atoms with van der Waals surface area (Å²) in [7, 11) is -1.78. The summed E-state index contributed by atoms with van der Waals surface area (Å²) in [6.07, 6.45) is 2.95. The van der Waals surface area contributed by atoms with Crippen LogP contribution >= 0.6 is 0 Å². The van der Waals surface area contributed by atoms with Gasteiger partial charge in [0.05, 0.1) is 5.69 Å². The molecule has 2 aromatic heterocycles.